The molecule has 0 aromatic heterocycles. The molecule has 1 aliphatic heterocycles. The van der Waals surface area contributed by atoms with Crippen LogP contribution in [0.5, 0.6) is 0 Å². The molecule has 0 saturated carbocycles. The minimum Gasteiger partial charge on any atom is -0.362 e. The molecule has 0 bridgehead atoms. The van der Waals surface area contributed by atoms with Crippen LogP contribution < -0.4 is 5.32 Å². The molecular weight excluding hydrogens is 254 g/mol. The first-order valence-corrected chi connectivity index (χ1v) is 7.31. The zero-order chi connectivity index (χ0) is 18.7. The lowest BCUT2D eigenvalue weighted by Gasteiger charge is -2.18. The van der Waals surface area contributed by atoms with Crippen LogP contribution in [0.1, 0.15) is 59.3 Å². The van der Waals surface area contributed by atoms with Crippen molar-refractivity contribution in [2.75, 3.05) is 6.54 Å². The molecule has 1 N–H and O–H groups in total. The SMILES string of the molecule is [2H]C([2H])([2H])C([2H])(C)CC(CC(=O)C1OC1C)C(=O)NCCC(C)C. The summed E-state index contributed by atoms with van der Waals surface area (Å²) in [6, 6.07) is 0. The van der Waals surface area contributed by atoms with Crippen molar-refractivity contribution in [2.45, 2.75) is 66.0 Å². The van der Waals surface area contributed by atoms with Crippen molar-refractivity contribution < 1.29 is 19.8 Å². The molecule has 116 valence electrons. The van der Waals surface area contributed by atoms with Gasteiger partial charge in [0.05, 0.1) is 6.10 Å². The normalized spacial score (nSPS) is 29.4. The Bertz CT molecular complexity index is 463. The van der Waals surface area contributed by atoms with Crippen LogP contribution >= 0.6 is 0 Å². The Morgan fingerprint density at radius 1 is 1.40 bits per heavy atom. The van der Waals surface area contributed by atoms with Gasteiger partial charge in [0.15, 0.2) is 5.78 Å². The lowest BCUT2D eigenvalue weighted by molar-refractivity contribution is -0.130. The van der Waals surface area contributed by atoms with Gasteiger partial charge in [0.25, 0.3) is 0 Å². The number of nitrogens with one attached hydrogen (secondary N) is 1. The van der Waals surface area contributed by atoms with Gasteiger partial charge in [-0.3, -0.25) is 9.59 Å². The van der Waals surface area contributed by atoms with Gasteiger partial charge in [-0.15, -0.1) is 0 Å². The van der Waals surface area contributed by atoms with Crippen LogP contribution in [-0.2, 0) is 14.3 Å². The van der Waals surface area contributed by atoms with Crippen molar-refractivity contribution in [3.05, 3.63) is 0 Å². The van der Waals surface area contributed by atoms with Crippen LogP contribution in [0.2, 0.25) is 0 Å². The molecule has 4 heteroatoms. The minimum atomic E-state index is -2.52. The molecule has 1 saturated heterocycles. The average molecular weight is 287 g/mol. The maximum Gasteiger partial charge on any atom is 0.223 e. The van der Waals surface area contributed by atoms with Crippen molar-refractivity contribution in [3.63, 3.8) is 0 Å². The number of ether oxygens (including phenoxy) is 1. The minimum absolute atomic E-state index is 0.0902. The lowest BCUT2D eigenvalue weighted by atomic mass is 9.90. The molecule has 0 radical (unpaired) electrons. The maximum atomic E-state index is 12.4. The van der Waals surface area contributed by atoms with Crippen LogP contribution in [-0.4, -0.2) is 30.4 Å². The summed E-state index contributed by atoms with van der Waals surface area (Å²) < 4.78 is 35.6. The molecule has 1 heterocycles. The van der Waals surface area contributed by atoms with Gasteiger partial charge in [-0.25, -0.2) is 0 Å². The van der Waals surface area contributed by atoms with Crippen LogP contribution in [0.3, 0.4) is 0 Å². The van der Waals surface area contributed by atoms with Crippen LogP contribution in [0, 0.1) is 17.7 Å². The number of amides is 1. The Hall–Kier alpha value is -0.900. The van der Waals surface area contributed by atoms with Crippen LogP contribution in [0.15, 0.2) is 0 Å². The third kappa shape index (κ3) is 6.04. The van der Waals surface area contributed by atoms with E-state index in [1.165, 1.54) is 6.92 Å². The fourth-order valence-corrected chi connectivity index (χ4v) is 2.14. The van der Waals surface area contributed by atoms with E-state index in [2.05, 4.69) is 5.32 Å². The predicted molar refractivity (Wildman–Crippen MR) is 79.4 cm³/mol. The van der Waals surface area contributed by atoms with Crippen molar-refractivity contribution in [2.24, 2.45) is 17.7 Å². The summed E-state index contributed by atoms with van der Waals surface area (Å²) in [6.45, 7) is 5.09. The molecule has 1 aliphatic rings. The van der Waals surface area contributed by atoms with E-state index in [1.54, 1.807) is 6.92 Å². The Labute approximate surface area is 128 Å². The summed E-state index contributed by atoms with van der Waals surface area (Å²) in [6.07, 6.45) is -0.128. The number of Topliss-reactive ketones (excluding diaryl/α,β-unsaturated/α-hetero) is 1. The molecular formula is C16H29NO3. The van der Waals surface area contributed by atoms with Gasteiger partial charge < -0.3 is 10.1 Å². The quantitative estimate of drug-likeness (QED) is 0.663. The summed E-state index contributed by atoms with van der Waals surface area (Å²) >= 11 is 0. The van der Waals surface area contributed by atoms with Crippen molar-refractivity contribution >= 4 is 11.7 Å². The van der Waals surface area contributed by atoms with E-state index < -0.39 is 24.8 Å². The Morgan fingerprint density at radius 3 is 2.55 bits per heavy atom. The number of hydrogen-bond acceptors (Lipinski definition) is 3. The molecule has 1 fully saturated rings. The first kappa shape index (κ1) is 11.7. The van der Waals surface area contributed by atoms with Crippen LogP contribution in [0.25, 0.3) is 0 Å². The maximum absolute atomic E-state index is 12.4. The smallest absolute Gasteiger partial charge is 0.223 e. The van der Waals surface area contributed by atoms with E-state index in [4.69, 9.17) is 10.2 Å². The number of carbonyl (C=O) groups excluding carboxylic acids is 2. The highest BCUT2D eigenvalue weighted by atomic mass is 16.6. The number of ketones is 1. The molecule has 1 rings (SSSR count). The van der Waals surface area contributed by atoms with Crippen LogP contribution in [0.4, 0.5) is 0 Å². The summed E-state index contributed by atoms with van der Waals surface area (Å²) in [5, 5.41) is 2.77. The van der Waals surface area contributed by atoms with Crippen molar-refractivity contribution in [3.8, 4) is 0 Å². The highest BCUT2D eigenvalue weighted by Gasteiger charge is 2.41. The zero-order valence-corrected chi connectivity index (χ0v) is 12.9. The highest BCUT2D eigenvalue weighted by molar-refractivity contribution is 5.90. The second kappa shape index (κ2) is 7.77. The van der Waals surface area contributed by atoms with E-state index in [0.717, 1.165) is 6.42 Å². The van der Waals surface area contributed by atoms with Gasteiger partial charge in [0, 0.05) is 24.4 Å². The summed E-state index contributed by atoms with van der Waals surface area (Å²) in [5.74, 6) is -2.75. The first-order valence-electron chi connectivity index (χ1n) is 9.31. The van der Waals surface area contributed by atoms with Gasteiger partial charge in [-0.1, -0.05) is 27.6 Å². The first-order chi connectivity index (χ1) is 10.8. The van der Waals surface area contributed by atoms with Gasteiger partial charge in [0.1, 0.15) is 6.10 Å². The number of hydrogen-bond donors (Lipinski definition) is 1. The molecule has 4 unspecified atom stereocenters. The molecule has 4 nitrogen and oxygen atoms in total. The largest absolute Gasteiger partial charge is 0.362 e. The molecule has 0 spiro atoms. The fraction of sp³-hybridized carbons (Fsp3) is 0.875. The Kier molecular flexibility index (Phi) is 4.56. The standard InChI is InChI=1S/C16H29NO3/c1-10(2)6-7-17-16(19)13(8-11(3)4)9-14(18)15-12(5)20-15/h10-13,15H,6-9H2,1-5H3,(H,17,19)/i3D3,11D. The second-order valence-electron chi connectivity index (χ2n) is 6.09. The molecule has 0 aliphatic carbocycles. The molecule has 20 heavy (non-hydrogen) atoms. The Morgan fingerprint density at radius 2 is 2.05 bits per heavy atom. The monoisotopic (exact) mass is 287 g/mol. The number of rotatable bonds is 9. The van der Waals surface area contributed by atoms with Gasteiger partial charge in [0.2, 0.25) is 5.91 Å². The lowest BCUT2D eigenvalue weighted by Crippen LogP contribution is -2.34. The average Bonchev–Trinajstić information content (AvgIpc) is 3.13. The van der Waals surface area contributed by atoms with Gasteiger partial charge in [-0.2, -0.15) is 0 Å². The third-order valence-electron chi connectivity index (χ3n) is 3.42. The second-order valence-corrected chi connectivity index (χ2v) is 6.09. The fourth-order valence-electron chi connectivity index (χ4n) is 2.14. The summed E-state index contributed by atoms with van der Waals surface area (Å²) in [4.78, 5) is 24.6. The van der Waals surface area contributed by atoms with E-state index in [9.17, 15) is 9.59 Å². The van der Waals surface area contributed by atoms with Gasteiger partial charge in [-0.05, 0) is 31.6 Å². The van der Waals surface area contributed by atoms with E-state index in [-0.39, 0.29) is 30.6 Å². The molecule has 0 aromatic rings. The third-order valence-corrected chi connectivity index (χ3v) is 3.42. The summed E-state index contributed by atoms with van der Waals surface area (Å²) in [5.41, 5.74) is 0. The highest BCUT2D eigenvalue weighted by Crippen LogP contribution is 2.26. The van der Waals surface area contributed by atoms with Crippen molar-refractivity contribution in [1.82, 2.24) is 5.32 Å². The topological polar surface area (TPSA) is 58.7 Å². The van der Waals surface area contributed by atoms with E-state index in [1.807, 2.05) is 13.8 Å². The molecule has 1 amide bonds. The zero-order valence-electron chi connectivity index (χ0n) is 16.9. The Balaban J connectivity index is 2.74. The number of epoxide rings is 1. The molecule has 0 aromatic carbocycles. The predicted octanol–water partition coefficient (Wildman–Crippen LogP) is 2.56. The van der Waals surface area contributed by atoms with Crippen molar-refractivity contribution in [1.29, 1.82) is 0 Å². The van der Waals surface area contributed by atoms with E-state index in [0.29, 0.717) is 12.5 Å². The molecule has 4 atom stereocenters. The van der Waals surface area contributed by atoms with Gasteiger partial charge >= 0.3 is 0 Å². The number of carbonyl (C=O) groups is 2. The summed E-state index contributed by atoms with van der Waals surface area (Å²) in [7, 11) is 0. The van der Waals surface area contributed by atoms with E-state index >= 15 is 0 Å².